The lowest BCUT2D eigenvalue weighted by atomic mass is 10.1. The van der Waals surface area contributed by atoms with Crippen LogP contribution >= 0.6 is 0 Å². The molecule has 178 valence electrons. The number of fused-ring (bicyclic) bond motifs is 1. The monoisotopic (exact) mass is 464 g/mol. The molecular formula is C23H36N4O4S. The van der Waals surface area contributed by atoms with E-state index in [0.29, 0.717) is 51.1 Å². The van der Waals surface area contributed by atoms with Crippen LogP contribution in [0.1, 0.15) is 52.8 Å². The molecule has 0 radical (unpaired) electrons. The van der Waals surface area contributed by atoms with Gasteiger partial charge in [-0.3, -0.25) is 4.79 Å². The zero-order valence-corrected chi connectivity index (χ0v) is 20.5. The number of ether oxygens (including phenoxy) is 1. The Morgan fingerprint density at radius 3 is 2.62 bits per heavy atom. The normalized spacial score (nSPS) is 17.4. The zero-order valence-electron chi connectivity index (χ0n) is 19.7. The van der Waals surface area contributed by atoms with Crippen LogP contribution in [0.15, 0.2) is 23.1 Å². The van der Waals surface area contributed by atoms with Gasteiger partial charge in [0.25, 0.3) is 0 Å². The van der Waals surface area contributed by atoms with Crippen molar-refractivity contribution < 1.29 is 17.9 Å². The molecule has 9 heteroatoms. The molecule has 1 atom stereocenters. The Labute approximate surface area is 191 Å². The molecule has 1 unspecified atom stereocenters. The number of rotatable bonds is 10. The van der Waals surface area contributed by atoms with Crippen LogP contribution in [0, 0.1) is 0 Å². The first kappa shape index (κ1) is 24.7. The molecule has 1 aromatic heterocycles. The fourth-order valence-electron chi connectivity index (χ4n) is 4.49. The van der Waals surface area contributed by atoms with E-state index < -0.39 is 10.0 Å². The number of benzene rings is 1. The van der Waals surface area contributed by atoms with Crippen molar-refractivity contribution in [2.45, 2.75) is 70.9 Å². The highest BCUT2D eigenvalue weighted by Crippen LogP contribution is 2.24. The van der Waals surface area contributed by atoms with Gasteiger partial charge < -0.3 is 14.2 Å². The highest BCUT2D eigenvalue weighted by molar-refractivity contribution is 7.89. The number of aromatic nitrogens is 2. The van der Waals surface area contributed by atoms with Gasteiger partial charge in [0, 0.05) is 52.2 Å². The van der Waals surface area contributed by atoms with Gasteiger partial charge in [-0.2, -0.15) is 4.31 Å². The summed E-state index contributed by atoms with van der Waals surface area (Å²) in [6, 6.07) is 5.13. The largest absolute Gasteiger partial charge is 0.377 e. The van der Waals surface area contributed by atoms with Gasteiger partial charge in [0.2, 0.25) is 15.9 Å². The molecule has 2 heterocycles. The SMILES string of the molecule is CCOC1CCCN(C(=O)CCc2nc3cc(S(=O)(=O)N(CC)CC)ccc3n2CC)C1. The fourth-order valence-corrected chi connectivity index (χ4v) is 5.97. The number of carbonyl (C=O) groups is 1. The summed E-state index contributed by atoms with van der Waals surface area (Å²) in [5, 5.41) is 0. The average Bonchev–Trinajstić information content (AvgIpc) is 3.15. The van der Waals surface area contributed by atoms with Gasteiger partial charge >= 0.3 is 0 Å². The third-order valence-electron chi connectivity index (χ3n) is 6.15. The molecule has 0 bridgehead atoms. The van der Waals surface area contributed by atoms with Crippen LogP contribution in [-0.4, -0.2) is 72.0 Å². The number of imidazole rings is 1. The van der Waals surface area contributed by atoms with E-state index in [1.165, 1.54) is 4.31 Å². The van der Waals surface area contributed by atoms with Gasteiger partial charge in [-0.25, -0.2) is 13.4 Å². The van der Waals surface area contributed by atoms with Gasteiger partial charge in [0.15, 0.2) is 0 Å². The van der Waals surface area contributed by atoms with E-state index in [2.05, 4.69) is 4.57 Å². The molecule has 3 rings (SSSR count). The summed E-state index contributed by atoms with van der Waals surface area (Å²) >= 11 is 0. The molecule has 1 aliphatic rings. The molecular weight excluding hydrogens is 428 g/mol. The highest BCUT2D eigenvalue weighted by atomic mass is 32.2. The maximum absolute atomic E-state index is 12.9. The Morgan fingerprint density at radius 1 is 1.22 bits per heavy atom. The van der Waals surface area contributed by atoms with Gasteiger partial charge in [-0.1, -0.05) is 13.8 Å². The van der Waals surface area contributed by atoms with Gasteiger partial charge in [-0.15, -0.1) is 0 Å². The van der Waals surface area contributed by atoms with Crippen LogP contribution in [0.25, 0.3) is 11.0 Å². The van der Waals surface area contributed by atoms with E-state index in [4.69, 9.17) is 9.72 Å². The number of carbonyl (C=O) groups excluding carboxylic acids is 1. The van der Waals surface area contributed by atoms with Crippen molar-refractivity contribution >= 4 is 27.0 Å². The van der Waals surface area contributed by atoms with E-state index in [1.807, 2.05) is 38.7 Å². The van der Waals surface area contributed by atoms with Gasteiger partial charge in [-0.05, 0) is 44.9 Å². The van der Waals surface area contributed by atoms with E-state index in [9.17, 15) is 13.2 Å². The summed E-state index contributed by atoms with van der Waals surface area (Å²) < 4.78 is 35.0. The average molecular weight is 465 g/mol. The predicted octanol–water partition coefficient (Wildman–Crippen LogP) is 3.05. The number of nitrogens with zero attached hydrogens (tertiary/aromatic N) is 4. The number of aryl methyl sites for hydroxylation is 2. The number of sulfonamides is 1. The minimum atomic E-state index is -3.54. The van der Waals surface area contributed by atoms with Gasteiger partial charge in [0.05, 0.1) is 22.0 Å². The van der Waals surface area contributed by atoms with Crippen molar-refractivity contribution in [3.8, 4) is 0 Å². The number of hydrogen-bond donors (Lipinski definition) is 0. The van der Waals surface area contributed by atoms with Crippen LogP contribution in [0.2, 0.25) is 0 Å². The molecule has 0 N–H and O–H groups in total. The second kappa shape index (κ2) is 10.8. The number of likely N-dealkylation sites (tertiary alicyclic amines) is 1. The van der Waals surface area contributed by atoms with Gasteiger partial charge in [0.1, 0.15) is 5.82 Å². The van der Waals surface area contributed by atoms with Crippen molar-refractivity contribution in [1.82, 2.24) is 18.8 Å². The molecule has 32 heavy (non-hydrogen) atoms. The maximum Gasteiger partial charge on any atom is 0.243 e. The summed E-state index contributed by atoms with van der Waals surface area (Å²) in [5.41, 5.74) is 1.54. The smallest absolute Gasteiger partial charge is 0.243 e. The lowest BCUT2D eigenvalue weighted by Crippen LogP contribution is -2.43. The Hall–Kier alpha value is -1.97. The molecule has 1 aromatic carbocycles. The molecule has 0 spiro atoms. The number of hydrogen-bond acceptors (Lipinski definition) is 5. The first-order chi connectivity index (χ1) is 15.3. The molecule has 0 aliphatic carbocycles. The minimum Gasteiger partial charge on any atom is -0.377 e. The molecule has 1 aliphatic heterocycles. The first-order valence-electron chi connectivity index (χ1n) is 11.7. The molecule has 2 aromatic rings. The zero-order chi connectivity index (χ0) is 23.3. The second-order valence-electron chi connectivity index (χ2n) is 8.07. The van der Waals surface area contributed by atoms with Crippen LogP contribution in [0.4, 0.5) is 0 Å². The van der Waals surface area contributed by atoms with E-state index in [-0.39, 0.29) is 16.9 Å². The molecule has 1 fully saturated rings. The van der Waals surface area contributed by atoms with Crippen LogP contribution in [-0.2, 0) is 32.5 Å². The van der Waals surface area contributed by atoms with E-state index >= 15 is 0 Å². The Morgan fingerprint density at radius 2 is 1.97 bits per heavy atom. The summed E-state index contributed by atoms with van der Waals surface area (Å²) in [5.74, 6) is 0.931. The van der Waals surface area contributed by atoms with Crippen molar-refractivity contribution in [3.63, 3.8) is 0 Å². The topological polar surface area (TPSA) is 84.7 Å². The van der Waals surface area contributed by atoms with E-state index in [0.717, 1.165) is 30.7 Å². The maximum atomic E-state index is 12.9. The highest BCUT2D eigenvalue weighted by Gasteiger charge is 2.25. The quantitative estimate of drug-likeness (QED) is 0.540. The Kier molecular flexibility index (Phi) is 8.30. The summed E-state index contributed by atoms with van der Waals surface area (Å²) in [6.07, 6.45) is 3.00. The molecule has 8 nitrogen and oxygen atoms in total. The third-order valence-corrected chi connectivity index (χ3v) is 8.20. The second-order valence-corrected chi connectivity index (χ2v) is 10.0. The summed E-state index contributed by atoms with van der Waals surface area (Å²) in [7, 11) is -3.54. The standard InChI is InChI=1S/C23H36N4O4S/c1-5-26(6-2)32(29,30)19-11-12-21-20(16-19)24-22(27(21)7-3)13-14-23(28)25-15-9-10-18(17-25)31-8-4/h11-12,16,18H,5-10,13-15,17H2,1-4H3. The number of piperidine rings is 1. The van der Waals surface area contributed by atoms with Crippen LogP contribution < -0.4 is 0 Å². The van der Waals surface area contributed by atoms with Crippen LogP contribution in [0.5, 0.6) is 0 Å². The van der Waals surface area contributed by atoms with Crippen LogP contribution in [0.3, 0.4) is 0 Å². The van der Waals surface area contributed by atoms with E-state index in [1.54, 1.807) is 12.1 Å². The lowest BCUT2D eigenvalue weighted by molar-refractivity contribution is -0.135. The minimum absolute atomic E-state index is 0.119. The van der Waals surface area contributed by atoms with Crippen molar-refractivity contribution in [3.05, 3.63) is 24.0 Å². The lowest BCUT2D eigenvalue weighted by Gasteiger charge is -2.32. The molecule has 1 amide bonds. The van der Waals surface area contributed by atoms with Crippen molar-refractivity contribution in [1.29, 1.82) is 0 Å². The predicted molar refractivity (Wildman–Crippen MR) is 125 cm³/mol. The fraction of sp³-hybridized carbons (Fsp3) is 0.652. The van der Waals surface area contributed by atoms with Crippen molar-refractivity contribution in [2.24, 2.45) is 0 Å². The summed E-state index contributed by atoms with van der Waals surface area (Å²) in [4.78, 5) is 19.7. The first-order valence-corrected chi connectivity index (χ1v) is 13.2. The summed E-state index contributed by atoms with van der Waals surface area (Å²) in [6.45, 7) is 11.3. The third kappa shape index (κ3) is 5.15. The molecule has 0 saturated carbocycles. The molecule has 1 saturated heterocycles. The Bertz CT molecular complexity index is 1030. The number of amides is 1. The van der Waals surface area contributed by atoms with Crippen molar-refractivity contribution in [2.75, 3.05) is 32.8 Å². The Balaban J connectivity index is 1.78.